The van der Waals surface area contributed by atoms with Gasteiger partial charge < -0.3 is 4.98 Å². The van der Waals surface area contributed by atoms with Crippen molar-refractivity contribution in [1.82, 2.24) is 4.98 Å². The summed E-state index contributed by atoms with van der Waals surface area (Å²) in [7, 11) is 0. The van der Waals surface area contributed by atoms with Crippen LogP contribution in [0.5, 0.6) is 0 Å². The summed E-state index contributed by atoms with van der Waals surface area (Å²) >= 11 is 0. The molecule has 0 saturated carbocycles. The number of nitrogens with one attached hydrogen (secondary N) is 1. The zero-order chi connectivity index (χ0) is 11.5. The van der Waals surface area contributed by atoms with Gasteiger partial charge in [0.15, 0.2) is 6.29 Å². The average Bonchev–Trinajstić information content (AvgIpc) is 2.74. The average molecular weight is 213 g/mol. The van der Waals surface area contributed by atoms with E-state index in [4.69, 9.17) is 0 Å². The molecule has 0 bridgehead atoms. The van der Waals surface area contributed by atoms with Gasteiger partial charge in [0, 0.05) is 11.3 Å². The molecule has 82 valence electrons. The van der Waals surface area contributed by atoms with Crippen molar-refractivity contribution in [2.75, 3.05) is 0 Å². The minimum atomic E-state index is 0.399. The van der Waals surface area contributed by atoms with E-state index in [2.05, 4.69) is 24.9 Å². The molecule has 0 spiro atoms. The van der Waals surface area contributed by atoms with E-state index in [1.807, 2.05) is 30.3 Å². The van der Waals surface area contributed by atoms with Gasteiger partial charge in [-0.1, -0.05) is 44.2 Å². The molecular formula is C14H15NO. The normalized spacial score (nSPS) is 10.7. The summed E-state index contributed by atoms with van der Waals surface area (Å²) in [4.78, 5) is 14.2. The molecule has 0 aliphatic heterocycles. The van der Waals surface area contributed by atoms with Crippen molar-refractivity contribution in [2.45, 2.75) is 19.8 Å². The summed E-state index contributed by atoms with van der Waals surface area (Å²) in [6, 6.07) is 12.0. The minimum absolute atomic E-state index is 0.399. The van der Waals surface area contributed by atoms with Crippen molar-refractivity contribution in [3.05, 3.63) is 47.8 Å². The lowest BCUT2D eigenvalue weighted by Crippen LogP contribution is -1.87. The van der Waals surface area contributed by atoms with Gasteiger partial charge in [0.2, 0.25) is 0 Å². The number of aldehydes is 1. The Morgan fingerprint density at radius 1 is 1.19 bits per heavy atom. The van der Waals surface area contributed by atoms with Gasteiger partial charge in [-0.15, -0.1) is 0 Å². The summed E-state index contributed by atoms with van der Waals surface area (Å²) < 4.78 is 0. The minimum Gasteiger partial charge on any atom is -0.356 e. The molecule has 0 unspecified atom stereocenters. The lowest BCUT2D eigenvalue weighted by Gasteiger charge is -1.98. The molecule has 2 rings (SSSR count). The number of carbonyl (C=O) groups excluding carboxylic acids is 1. The number of H-pyrrole nitrogens is 1. The van der Waals surface area contributed by atoms with Crippen LogP contribution in [0.4, 0.5) is 0 Å². The highest BCUT2D eigenvalue weighted by Gasteiger charge is 2.10. The molecule has 0 amide bonds. The second kappa shape index (κ2) is 4.35. The molecule has 1 heterocycles. The van der Waals surface area contributed by atoms with Crippen LogP contribution in [0, 0.1) is 0 Å². The van der Waals surface area contributed by atoms with Gasteiger partial charge in [-0.25, -0.2) is 0 Å². The Balaban J connectivity index is 2.52. The van der Waals surface area contributed by atoms with Gasteiger partial charge in [0.1, 0.15) is 0 Å². The van der Waals surface area contributed by atoms with Crippen LogP contribution in [-0.2, 0) is 0 Å². The van der Waals surface area contributed by atoms with E-state index in [-0.39, 0.29) is 0 Å². The van der Waals surface area contributed by atoms with E-state index < -0.39 is 0 Å². The number of aromatic amines is 1. The molecule has 2 aromatic rings. The highest BCUT2D eigenvalue weighted by Crippen LogP contribution is 2.26. The van der Waals surface area contributed by atoms with Gasteiger partial charge in [-0.2, -0.15) is 0 Å². The molecule has 2 nitrogen and oxygen atoms in total. The molecule has 0 radical (unpaired) electrons. The summed E-state index contributed by atoms with van der Waals surface area (Å²) in [5.74, 6) is 0.399. The second-order valence-corrected chi connectivity index (χ2v) is 4.19. The Morgan fingerprint density at radius 3 is 2.44 bits per heavy atom. The standard InChI is InChI=1S/C14H15NO/c1-10(2)13-8-12(14(9-16)15-13)11-6-4-3-5-7-11/h3-10,15H,1-2H3. The monoisotopic (exact) mass is 213 g/mol. The fraction of sp³-hybridized carbons (Fsp3) is 0.214. The van der Waals surface area contributed by atoms with Crippen LogP contribution in [0.2, 0.25) is 0 Å². The first kappa shape index (κ1) is 10.7. The Kier molecular flexibility index (Phi) is 2.91. The topological polar surface area (TPSA) is 32.9 Å². The molecule has 0 aliphatic carbocycles. The first-order chi connectivity index (χ1) is 7.72. The Bertz CT molecular complexity index is 483. The van der Waals surface area contributed by atoms with E-state index in [9.17, 15) is 4.79 Å². The third kappa shape index (κ3) is 1.91. The van der Waals surface area contributed by atoms with E-state index in [1.165, 1.54) is 0 Å². The smallest absolute Gasteiger partial charge is 0.166 e. The van der Waals surface area contributed by atoms with E-state index in [0.717, 1.165) is 23.1 Å². The largest absolute Gasteiger partial charge is 0.356 e. The lowest BCUT2D eigenvalue weighted by molar-refractivity contribution is 0.112. The molecule has 16 heavy (non-hydrogen) atoms. The van der Waals surface area contributed by atoms with Crippen molar-refractivity contribution in [3.8, 4) is 11.1 Å². The molecule has 0 aliphatic rings. The number of benzene rings is 1. The van der Waals surface area contributed by atoms with Crippen molar-refractivity contribution < 1.29 is 4.79 Å². The van der Waals surface area contributed by atoms with E-state index in [0.29, 0.717) is 11.6 Å². The van der Waals surface area contributed by atoms with Crippen LogP contribution in [0.3, 0.4) is 0 Å². The van der Waals surface area contributed by atoms with Crippen LogP contribution < -0.4 is 0 Å². The van der Waals surface area contributed by atoms with Crippen molar-refractivity contribution in [1.29, 1.82) is 0 Å². The quantitative estimate of drug-likeness (QED) is 0.776. The van der Waals surface area contributed by atoms with E-state index >= 15 is 0 Å². The number of hydrogen-bond acceptors (Lipinski definition) is 1. The van der Waals surface area contributed by atoms with Crippen LogP contribution in [-0.4, -0.2) is 11.3 Å². The molecule has 1 N–H and O–H groups in total. The first-order valence-corrected chi connectivity index (χ1v) is 5.46. The summed E-state index contributed by atoms with van der Waals surface area (Å²) in [5.41, 5.74) is 3.82. The molecule has 1 aromatic carbocycles. The zero-order valence-electron chi connectivity index (χ0n) is 9.53. The van der Waals surface area contributed by atoms with Crippen molar-refractivity contribution >= 4 is 6.29 Å². The lowest BCUT2D eigenvalue weighted by atomic mass is 10.0. The molecule has 0 saturated heterocycles. The van der Waals surface area contributed by atoms with Crippen molar-refractivity contribution in [2.24, 2.45) is 0 Å². The van der Waals surface area contributed by atoms with Gasteiger partial charge in [0.05, 0.1) is 5.69 Å². The maximum absolute atomic E-state index is 11.0. The highest BCUT2D eigenvalue weighted by molar-refractivity contribution is 5.86. The third-order valence-corrected chi connectivity index (χ3v) is 2.69. The summed E-state index contributed by atoms with van der Waals surface area (Å²) in [6.07, 6.45) is 0.883. The number of hydrogen-bond donors (Lipinski definition) is 1. The maximum Gasteiger partial charge on any atom is 0.166 e. The van der Waals surface area contributed by atoms with Gasteiger partial charge in [-0.3, -0.25) is 4.79 Å². The van der Waals surface area contributed by atoms with Crippen molar-refractivity contribution in [3.63, 3.8) is 0 Å². The van der Waals surface area contributed by atoms with Gasteiger partial charge in [0.25, 0.3) is 0 Å². The molecule has 0 fully saturated rings. The fourth-order valence-corrected chi connectivity index (χ4v) is 1.75. The maximum atomic E-state index is 11.0. The summed E-state index contributed by atoms with van der Waals surface area (Å²) in [6.45, 7) is 4.21. The predicted molar refractivity (Wildman–Crippen MR) is 65.7 cm³/mol. The number of rotatable bonds is 3. The number of carbonyl (C=O) groups is 1. The van der Waals surface area contributed by atoms with Crippen LogP contribution in [0.15, 0.2) is 36.4 Å². The van der Waals surface area contributed by atoms with E-state index in [1.54, 1.807) is 0 Å². The molecule has 1 aromatic heterocycles. The summed E-state index contributed by atoms with van der Waals surface area (Å²) in [5, 5.41) is 0. The Labute approximate surface area is 95.3 Å². The molecule has 2 heteroatoms. The third-order valence-electron chi connectivity index (χ3n) is 2.69. The highest BCUT2D eigenvalue weighted by atomic mass is 16.1. The number of aromatic nitrogens is 1. The molecule has 0 atom stereocenters. The van der Waals surface area contributed by atoms with Crippen LogP contribution in [0.1, 0.15) is 35.9 Å². The zero-order valence-corrected chi connectivity index (χ0v) is 9.53. The Morgan fingerprint density at radius 2 is 1.88 bits per heavy atom. The fourth-order valence-electron chi connectivity index (χ4n) is 1.75. The Hall–Kier alpha value is -1.83. The SMILES string of the molecule is CC(C)c1cc(-c2ccccc2)c(C=O)[nH]1. The predicted octanol–water partition coefficient (Wildman–Crippen LogP) is 3.62. The molecular weight excluding hydrogens is 198 g/mol. The van der Waals surface area contributed by atoms with Crippen LogP contribution in [0.25, 0.3) is 11.1 Å². The van der Waals surface area contributed by atoms with Gasteiger partial charge in [-0.05, 0) is 17.5 Å². The van der Waals surface area contributed by atoms with Gasteiger partial charge >= 0.3 is 0 Å². The first-order valence-electron chi connectivity index (χ1n) is 5.46. The second-order valence-electron chi connectivity index (χ2n) is 4.19. The van der Waals surface area contributed by atoms with Crippen LogP contribution >= 0.6 is 0 Å².